The van der Waals surface area contributed by atoms with Gasteiger partial charge in [-0.05, 0) is 6.42 Å². The van der Waals surface area contributed by atoms with Gasteiger partial charge < -0.3 is 15.7 Å². The number of aromatic nitrogens is 2. The normalized spacial score (nSPS) is 9.74. The predicted octanol–water partition coefficient (Wildman–Crippen LogP) is -0.569. The zero-order valence-electron chi connectivity index (χ0n) is 10.3. The van der Waals surface area contributed by atoms with Gasteiger partial charge in [0.25, 0.3) is 5.91 Å². The predicted molar refractivity (Wildman–Crippen MR) is 64.6 cm³/mol. The highest BCUT2D eigenvalue weighted by Crippen LogP contribution is 1.95. The second kappa shape index (κ2) is 7.04. The van der Waals surface area contributed by atoms with E-state index < -0.39 is 11.9 Å². The number of carbonyl (C=O) groups is 3. The van der Waals surface area contributed by atoms with Crippen molar-refractivity contribution in [2.45, 2.75) is 13.3 Å². The Morgan fingerprint density at radius 1 is 1.11 bits per heavy atom. The van der Waals surface area contributed by atoms with Crippen LogP contribution in [-0.4, -0.2) is 45.9 Å². The number of hydrogen-bond acceptors (Lipinski definition) is 5. The van der Waals surface area contributed by atoms with E-state index in [0.29, 0.717) is 19.5 Å². The molecule has 0 aliphatic rings. The largest absolute Gasteiger partial charge is 0.476 e. The minimum absolute atomic E-state index is 0.0459. The Morgan fingerprint density at radius 2 is 1.68 bits per heavy atom. The van der Waals surface area contributed by atoms with E-state index in [-0.39, 0.29) is 17.3 Å². The van der Waals surface area contributed by atoms with Crippen LogP contribution in [0.5, 0.6) is 0 Å². The molecule has 0 fully saturated rings. The minimum Gasteiger partial charge on any atom is -0.476 e. The molecule has 8 heteroatoms. The van der Waals surface area contributed by atoms with Crippen LogP contribution in [-0.2, 0) is 4.79 Å². The second-order valence-electron chi connectivity index (χ2n) is 3.68. The average molecular weight is 266 g/mol. The number of rotatable bonds is 6. The molecule has 0 aliphatic carbocycles. The molecule has 1 aromatic heterocycles. The number of carboxylic acid groups (broad SMARTS) is 1. The van der Waals surface area contributed by atoms with Gasteiger partial charge in [0.05, 0.1) is 12.4 Å². The Morgan fingerprint density at radius 3 is 2.21 bits per heavy atom. The van der Waals surface area contributed by atoms with Gasteiger partial charge in [0, 0.05) is 20.0 Å². The number of amides is 2. The standard InChI is InChI=1S/C11H14N4O4/c1-7(16)12-3-2-4-13-10(17)8-5-15-9(6-14-8)11(18)19/h5-6H,2-4H2,1H3,(H,12,16)(H,13,17)(H,18,19). The summed E-state index contributed by atoms with van der Waals surface area (Å²) >= 11 is 0. The Hall–Kier alpha value is -2.51. The Kier molecular flexibility index (Phi) is 5.39. The number of nitrogens with zero attached hydrogens (tertiary/aromatic N) is 2. The van der Waals surface area contributed by atoms with Crippen molar-refractivity contribution >= 4 is 17.8 Å². The minimum atomic E-state index is -1.20. The molecule has 2 amide bonds. The number of carbonyl (C=O) groups excluding carboxylic acids is 2. The van der Waals surface area contributed by atoms with E-state index >= 15 is 0 Å². The molecule has 0 bridgehead atoms. The molecular weight excluding hydrogens is 252 g/mol. The van der Waals surface area contributed by atoms with Gasteiger partial charge in [0.2, 0.25) is 5.91 Å². The van der Waals surface area contributed by atoms with Crippen LogP contribution in [0.3, 0.4) is 0 Å². The first kappa shape index (κ1) is 14.6. The highest BCUT2D eigenvalue weighted by Gasteiger charge is 2.09. The lowest BCUT2D eigenvalue weighted by molar-refractivity contribution is -0.118. The van der Waals surface area contributed by atoms with Crippen molar-refractivity contribution in [1.29, 1.82) is 0 Å². The van der Waals surface area contributed by atoms with E-state index in [0.717, 1.165) is 12.4 Å². The maximum Gasteiger partial charge on any atom is 0.356 e. The van der Waals surface area contributed by atoms with E-state index in [4.69, 9.17) is 5.11 Å². The van der Waals surface area contributed by atoms with Crippen LogP contribution in [0.15, 0.2) is 12.4 Å². The summed E-state index contributed by atoms with van der Waals surface area (Å²) < 4.78 is 0. The summed E-state index contributed by atoms with van der Waals surface area (Å²) in [5.41, 5.74) is -0.174. The van der Waals surface area contributed by atoms with Crippen molar-refractivity contribution in [2.75, 3.05) is 13.1 Å². The molecule has 1 heterocycles. The fourth-order valence-electron chi connectivity index (χ4n) is 1.20. The average Bonchev–Trinajstić information content (AvgIpc) is 2.37. The molecule has 102 valence electrons. The lowest BCUT2D eigenvalue weighted by Gasteiger charge is -2.05. The van der Waals surface area contributed by atoms with Crippen LogP contribution in [0, 0.1) is 0 Å². The number of nitrogens with one attached hydrogen (secondary N) is 2. The lowest BCUT2D eigenvalue weighted by Crippen LogP contribution is -2.29. The van der Waals surface area contributed by atoms with Crippen LogP contribution in [0.25, 0.3) is 0 Å². The molecular formula is C11H14N4O4. The number of aromatic carboxylic acids is 1. The third kappa shape index (κ3) is 5.11. The molecule has 19 heavy (non-hydrogen) atoms. The summed E-state index contributed by atoms with van der Waals surface area (Å²) in [7, 11) is 0. The summed E-state index contributed by atoms with van der Waals surface area (Å²) in [6.45, 7) is 2.26. The zero-order chi connectivity index (χ0) is 14.3. The zero-order valence-corrected chi connectivity index (χ0v) is 10.3. The second-order valence-corrected chi connectivity index (χ2v) is 3.68. The third-order valence-electron chi connectivity index (χ3n) is 2.12. The Labute approximate surface area is 109 Å². The molecule has 0 aromatic carbocycles. The molecule has 0 saturated heterocycles. The molecule has 0 unspecified atom stereocenters. The van der Waals surface area contributed by atoms with Gasteiger partial charge >= 0.3 is 5.97 Å². The van der Waals surface area contributed by atoms with Gasteiger partial charge in [-0.25, -0.2) is 14.8 Å². The van der Waals surface area contributed by atoms with Gasteiger partial charge in [0.15, 0.2) is 5.69 Å². The molecule has 8 nitrogen and oxygen atoms in total. The van der Waals surface area contributed by atoms with E-state index in [1.807, 2.05) is 0 Å². The first-order valence-electron chi connectivity index (χ1n) is 5.58. The van der Waals surface area contributed by atoms with Crippen molar-refractivity contribution in [3.8, 4) is 0 Å². The first-order valence-corrected chi connectivity index (χ1v) is 5.58. The van der Waals surface area contributed by atoms with Gasteiger partial charge in [-0.2, -0.15) is 0 Å². The summed E-state index contributed by atoms with van der Waals surface area (Å²) in [6, 6.07) is 0. The van der Waals surface area contributed by atoms with Crippen LogP contribution < -0.4 is 10.6 Å². The molecule has 0 atom stereocenters. The SMILES string of the molecule is CC(=O)NCCCNC(=O)c1cnc(C(=O)O)cn1. The van der Waals surface area contributed by atoms with Gasteiger partial charge in [-0.1, -0.05) is 0 Å². The smallest absolute Gasteiger partial charge is 0.356 e. The molecule has 3 N–H and O–H groups in total. The van der Waals surface area contributed by atoms with Gasteiger partial charge in [-0.3, -0.25) is 9.59 Å². The Balaban J connectivity index is 2.37. The van der Waals surface area contributed by atoms with E-state index in [2.05, 4.69) is 20.6 Å². The summed E-state index contributed by atoms with van der Waals surface area (Å²) in [6.07, 6.45) is 2.72. The first-order chi connectivity index (χ1) is 9.00. The highest BCUT2D eigenvalue weighted by molar-refractivity contribution is 5.92. The molecule has 0 radical (unpaired) electrons. The third-order valence-corrected chi connectivity index (χ3v) is 2.12. The lowest BCUT2D eigenvalue weighted by atomic mass is 10.3. The van der Waals surface area contributed by atoms with E-state index in [9.17, 15) is 14.4 Å². The van der Waals surface area contributed by atoms with Crippen LogP contribution in [0.1, 0.15) is 34.3 Å². The van der Waals surface area contributed by atoms with Crippen LogP contribution in [0.2, 0.25) is 0 Å². The van der Waals surface area contributed by atoms with Crippen molar-refractivity contribution in [3.63, 3.8) is 0 Å². The van der Waals surface area contributed by atoms with Crippen molar-refractivity contribution in [2.24, 2.45) is 0 Å². The molecule has 0 aliphatic heterocycles. The number of carboxylic acids is 1. The van der Waals surface area contributed by atoms with E-state index in [1.54, 1.807) is 0 Å². The monoisotopic (exact) mass is 266 g/mol. The fraction of sp³-hybridized carbons (Fsp3) is 0.364. The topological polar surface area (TPSA) is 121 Å². The molecule has 0 saturated carbocycles. The van der Waals surface area contributed by atoms with Gasteiger partial charge in [-0.15, -0.1) is 0 Å². The fourth-order valence-corrected chi connectivity index (χ4v) is 1.20. The quantitative estimate of drug-likeness (QED) is 0.593. The van der Waals surface area contributed by atoms with E-state index in [1.165, 1.54) is 6.92 Å². The van der Waals surface area contributed by atoms with Crippen molar-refractivity contribution in [1.82, 2.24) is 20.6 Å². The van der Waals surface area contributed by atoms with Gasteiger partial charge in [0.1, 0.15) is 5.69 Å². The maximum atomic E-state index is 11.6. The molecule has 1 rings (SSSR count). The number of hydrogen-bond donors (Lipinski definition) is 3. The molecule has 0 spiro atoms. The van der Waals surface area contributed by atoms with Crippen LogP contribution >= 0.6 is 0 Å². The summed E-state index contributed by atoms with van der Waals surface area (Å²) in [5.74, 6) is -1.76. The summed E-state index contributed by atoms with van der Waals surface area (Å²) in [4.78, 5) is 40.0. The maximum absolute atomic E-state index is 11.6. The van der Waals surface area contributed by atoms with Crippen LogP contribution in [0.4, 0.5) is 0 Å². The highest BCUT2D eigenvalue weighted by atomic mass is 16.4. The van der Waals surface area contributed by atoms with Crippen molar-refractivity contribution < 1.29 is 19.5 Å². The summed E-state index contributed by atoms with van der Waals surface area (Å²) in [5, 5.41) is 13.8. The molecule has 1 aromatic rings. The van der Waals surface area contributed by atoms with Crippen molar-refractivity contribution in [3.05, 3.63) is 23.8 Å². The Bertz CT molecular complexity index is 472.